The quantitative estimate of drug-likeness (QED) is 0.896. The van der Waals surface area contributed by atoms with Gasteiger partial charge in [0.2, 0.25) is 5.95 Å². The monoisotopic (exact) mass is 330 g/mol. The second-order valence-corrected chi connectivity index (χ2v) is 6.49. The molecule has 1 aromatic heterocycles. The van der Waals surface area contributed by atoms with Gasteiger partial charge in [0, 0.05) is 36.4 Å². The van der Waals surface area contributed by atoms with Crippen molar-refractivity contribution in [1.29, 1.82) is 0 Å². The van der Waals surface area contributed by atoms with E-state index in [0.717, 1.165) is 48.5 Å². The van der Waals surface area contributed by atoms with Crippen molar-refractivity contribution < 1.29 is 0 Å². The van der Waals surface area contributed by atoms with E-state index < -0.39 is 0 Å². The Morgan fingerprint density at radius 3 is 2.74 bits per heavy atom. The summed E-state index contributed by atoms with van der Waals surface area (Å²) in [5.74, 6) is 1.76. The molecule has 5 heteroatoms. The smallest absolute Gasteiger partial charge is 0.227 e. The highest BCUT2D eigenvalue weighted by atomic mass is 35.5. The molecular weight excluding hydrogens is 308 g/mol. The second-order valence-electron chi connectivity index (χ2n) is 6.05. The summed E-state index contributed by atoms with van der Waals surface area (Å²) >= 11 is 6.02. The Labute approximate surface area is 142 Å². The number of halogens is 1. The van der Waals surface area contributed by atoms with Crippen LogP contribution in [0.5, 0.6) is 0 Å². The van der Waals surface area contributed by atoms with Gasteiger partial charge in [-0.25, -0.2) is 4.98 Å². The van der Waals surface area contributed by atoms with Crippen molar-refractivity contribution in [2.24, 2.45) is 0 Å². The maximum absolute atomic E-state index is 6.02. The van der Waals surface area contributed by atoms with Gasteiger partial charge in [0.15, 0.2) is 0 Å². The number of nitrogens with zero attached hydrogens (tertiary/aromatic N) is 3. The van der Waals surface area contributed by atoms with Gasteiger partial charge in [0.25, 0.3) is 0 Å². The van der Waals surface area contributed by atoms with Crippen molar-refractivity contribution in [2.45, 2.75) is 32.6 Å². The summed E-state index contributed by atoms with van der Waals surface area (Å²) in [6, 6.07) is 10.00. The van der Waals surface area contributed by atoms with E-state index in [1.54, 1.807) is 0 Å². The summed E-state index contributed by atoms with van der Waals surface area (Å²) < 4.78 is 0. The minimum Gasteiger partial charge on any atom is -0.370 e. The number of hydrogen-bond donors (Lipinski definition) is 1. The van der Waals surface area contributed by atoms with Crippen LogP contribution in [0.3, 0.4) is 0 Å². The molecular formula is C18H23ClN4. The van der Waals surface area contributed by atoms with Crippen LogP contribution in [0.25, 0.3) is 0 Å². The van der Waals surface area contributed by atoms with Crippen LogP contribution in [-0.4, -0.2) is 29.6 Å². The zero-order valence-electron chi connectivity index (χ0n) is 13.6. The highest BCUT2D eigenvalue weighted by Gasteiger charge is 2.14. The van der Waals surface area contributed by atoms with Gasteiger partial charge >= 0.3 is 0 Å². The zero-order chi connectivity index (χ0) is 16.1. The third-order valence-electron chi connectivity index (χ3n) is 4.09. The van der Waals surface area contributed by atoms with Crippen molar-refractivity contribution in [1.82, 2.24) is 9.97 Å². The van der Waals surface area contributed by atoms with Gasteiger partial charge in [-0.3, -0.25) is 0 Å². The Hall–Kier alpha value is -1.81. The summed E-state index contributed by atoms with van der Waals surface area (Å²) in [5, 5.41) is 4.20. The topological polar surface area (TPSA) is 41.1 Å². The average Bonchev–Trinajstić information content (AvgIpc) is 2.55. The number of rotatable bonds is 5. The predicted octanol–water partition coefficient (Wildman–Crippen LogP) is 4.08. The van der Waals surface area contributed by atoms with Crippen molar-refractivity contribution in [2.75, 3.05) is 29.9 Å². The minimum absolute atomic E-state index is 0.785. The van der Waals surface area contributed by atoms with Crippen molar-refractivity contribution in [3.8, 4) is 0 Å². The number of aryl methyl sites for hydroxylation is 1. The fourth-order valence-corrected chi connectivity index (χ4v) is 3.12. The first kappa shape index (κ1) is 16.1. The number of hydrogen-bond acceptors (Lipinski definition) is 4. The third-order valence-corrected chi connectivity index (χ3v) is 4.33. The van der Waals surface area contributed by atoms with Crippen LogP contribution in [0.1, 0.15) is 30.5 Å². The lowest BCUT2D eigenvalue weighted by atomic mass is 10.1. The van der Waals surface area contributed by atoms with Gasteiger partial charge in [-0.2, -0.15) is 4.98 Å². The third kappa shape index (κ3) is 4.58. The van der Waals surface area contributed by atoms with Crippen LogP contribution >= 0.6 is 11.6 Å². The zero-order valence-corrected chi connectivity index (χ0v) is 14.3. The van der Waals surface area contributed by atoms with Crippen molar-refractivity contribution in [3.63, 3.8) is 0 Å². The van der Waals surface area contributed by atoms with E-state index in [1.807, 2.05) is 31.2 Å². The first-order chi connectivity index (χ1) is 11.2. The summed E-state index contributed by atoms with van der Waals surface area (Å²) in [4.78, 5) is 11.6. The van der Waals surface area contributed by atoms with E-state index in [2.05, 4.69) is 26.3 Å². The summed E-state index contributed by atoms with van der Waals surface area (Å²) in [6.07, 6.45) is 4.69. The molecule has 0 unspecified atom stereocenters. The highest BCUT2D eigenvalue weighted by Crippen LogP contribution is 2.18. The van der Waals surface area contributed by atoms with Gasteiger partial charge in [0.1, 0.15) is 5.82 Å². The number of piperidine rings is 1. The van der Waals surface area contributed by atoms with Crippen molar-refractivity contribution in [3.05, 3.63) is 46.6 Å². The van der Waals surface area contributed by atoms with Crippen LogP contribution < -0.4 is 10.2 Å². The molecule has 1 N–H and O–H groups in total. The molecule has 0 radical (unpaired) electrons. The average molecular weight is 331 g/mol. The van der Waals surface area contributed by atoms with Gasteiger partial charge in [-0.1, -0.05) is 23.7 Å². The van der Waals surface area contributed by atoms with E-state index in [9.17, 15) is 0 Å². The SMILES string of the molecule is Cc1cc(NCCc2cccc(Cl)c2)nc(N2CCCCC2)n1. The Kier molecular flexibility index (Phi) is 5.34. The first-order valence-electron chi connectivity index (χ1n) is 8.30. The summed E-state index contributed by atoms with van der Waals surface area (Å²) in [6.45, 7) is 4.98. The van der Waals surface area contributed by atoms with Gasteiger partial charge < -0.3 is 10.2 Å². The lowest BCUT2D eigenvalue weighted by molar-refractivity contribution is 0.568. The molecule has 1 aliphatic heterocycles. The molecule has 0 saturated carbocycles. The minimum atomic E-state index is 0.785. The molecule has 0 aliphatic carbocycles. The Morgan fingerprint density at radius 2 is 1.96 bits per heavy atom. The largest absolute Gasteiger partial charge is 0.370 e. The number of anilines is 2. The molecule has 1 fully saturated rings. The fourth-order valence-electron chi connectivity index (χ4n) is 2.91. The van der Waals surface area contributed by atoms with Gasteiger partial charge in [0.05, 0.1) is 0 Å². The molecule has 1 aromatic carbocycles. The van der Waals surface area contributed by atoms with Crippen LogP contribution in [0, 0.1) is 6.92 Å². The second kappa shape index (κ2) is 7.64. The van der Waals surface area contributed by atoms with E-state index in [-0.39, 0.29) is 0 Å². The summed E-state index contributed by atoms with van der Waals surface area (Å²) in [7, 11) is 0. The Morgan fingerprint density at radius 1 is 1.13 bits per heavy atom. The lowest BCUT2D eigenvalue weighted by Crippen LogP contribution is -2.31. The predicted molar refractivity (Wildman–Crippen MR) is 96.5 cm³/mol. The molecule has 1 saturated heterocycles. The summed E-state index contributed by atoms with van der Waals surface area (Å²) in [5.41, 5.74) is 2.23. The molecule has 3 rings (SSSR count). The molecule has 2 heterocycles. The molecule has 1 aliphatic rings. The van der Waals surface area contributed by atoms with Gasteiger partial charge in [-0.15, -0.1) is 0 Å². The van der Waals surface area contributed by atoms with E-state index in [0.29, 0.717) is 0 Å². The van der Waals surface area contributed by atoms with Crippen LogP contribution in [0.4, 0.5) is 11.8 Å². The molecule has 2 aromatic rings. The number of benzene rings is 1. The fraction of sp³-hybridized carbons (Fsp3) is 0.444. The van der Waals surface area contributed by atoms with E-state index in [1.165, 1.54) is 24.8 Å². The molecule has 0 spiro atoms. The highest BCUT2D eigenvalue weighted by molar-refractivity contribution is 6.30. The van der Waals surface area contributed by atoms with E-state index >= 15 is 0 Å². The normalized spacial score (nSPS) is 14.8. The van der Waals surface area contributed by atoms with Crippen LogP contribution in [0.2, 0.25) is 5.02 Å². The molecule has 0 atom stereocenters. The molecule has 4 nitrogen and oxygen atoms in total. The van der Waals surface area contributed by atoms with Crippen molar-refractivity contribution >= 4 is 23.4 Å². The first-order valence-corrected chi connectivity index (χ1v) is 8.67. The molecule has 122 valence electrons. The maximum atomic E-state index is 6.02. The molecule has 0 amide bonds. The Bertz CT molecular complexity index is 653. The van der Waals surface area contributed by atoms with Gasteiger partial charge in [-0.05, 0) is 50.3 Å². The van der Waals surface area contributed by atoms with E-state index in [4.69, 9.17) is 11.6 Å². The number of nitrogens with one attached hydrogen (secondary N) is 1. The lowest BCUT2D eigenvalue weighted by Gasteiger charge is -2.27. The Balaban J connectivity index is 1.62. The maximum Gasteiger partial charge on any atom is 0.227 e. The molecule has 23 heavy (non-hydrogen) atoms. The number of aromatic nitrogens is 2. The van der Waals surface area contributed by atoms with Crippen LogP contribution in [-0.2, 0) is 6.42 Å². The standard InChI is InChI=1S/C18H23ClN4/c1-14-12-17(20-9-8-15-6-5-7-16(19)13-15)22-18(21-14)23-10-3-2-4-11-23/h5-7,12-13H,2-4,8-11H2,1H3,(H,20,21,22). The molecule has 0 bridgehead atoms. The van der Waals surface area contributed by atoms with Crippen LogP contribution in [0.15, 0.2) is 30.3 Å².